The lowest BCUT2D eigenvalue weighted by molar-refractivity contribution is -0.0794. The molecule has 0 saturated heterocycles. The van der Waals surface area contributed by atoms with Crippen molar-refractivity contribution in [2.45, 2.75) is 62.2 Å². The minimum Gasteiger partial charge on any atom is -0.351 e. The Hall–Kier alpha value is -1.61. The summed E-state index contributed by atoms with van der Waals surface area (Å²) in [7, 11) is 2.80. The van der Waals surface area contributed by atoms with Crippen molar-refractivity contribution < 1.29 is 17.6 Å². The van der Waals surface area contributed by atoms with E-state index in [2.05, 4.69) is 46.7 Å². The van der Waals surface area contributed by atoms with Gasteiger partial charge in [0.2, 0.25) is 11.9 Å². The Morgan fingerprint density at radius 1 is 1.04 bits per heavy atom. The number of anilines is 2. The third-order valence-electron chi connectivity index (χ3n) is 4.75. The second kappa shape index (κ2) is 7.02. The van der Waals surface area contributed by atoms with Crippen LogP contribution < -0.4 is 10.6 Å². The Morgan fingerprint density at radius 2 is 1.61 bits per heavy atom. The van der Waals surface area contributed by atoms with Gasteiger partial charge in [0.1, 0.15) is 5.69 Å². The van der Waals surface area contributed by atoms with Crippen molar-refractivity contribution in [1.29, 1.82) is 0 Å². The molecule has 2 saturated carbocycles. The molecule has 2 aliphatic rings. The molecule has 0 radical (unpaired) electrons. The summed E-state index contributed by atoms with van der Waals surface area (Å²) >= 11 is 1.00. The van der Waals surface area contributed by atoms with Gasteiger partial charge >= 0.3 is 0 Å². The normalized spacial score (nSPS) is 26.6. The van der Waals surface area contributed by atoms with Gasteiger partial charge in [-0.25, -0.2) is 22.5 Å². The highest BCUT2D eigenvalue weighted by Crippen LogP contribution is 2.41. The largest absolute Gasteiger partial charge is 0.351 e. The fraction of sp³-hybridized carbons (Fsp3) is 0.625. The van der Waals surface area contributed by atoms with Gasteiger partial charge in [-0.1, -0.05) is 6.92 Å². The number of hydrogen-bond donors (Lipinski definition) is 2. The minimum absolute atomic E-state index is 0.134. The Morgan fingerprint density at radius 3 is 2.07 bits per heavy atom. The predicted octanol–water partition coefficient (Wildman–Crippen LogP) is 4.35. The lowest BCUT2D eigenvalue weighted by Crippen LogP contribution is -2.45. The van der Waals surface area contributed by atoms with Gasteiger partial charge in [-0.3, -0.25) is 0 Å². The fourth-order valence-electron chi connectivity index (χ4n) is 3.39. The molecule has 0 aliphatic heterocycles. The van der Waals surface area contributed by atoms with E-state index in [9.17, 15) is 17.6 Å². The molecular weight excluding hydrogens is 415 g/mol. The number of hydrogen-bond acceptors (Lipinski definition) is 7. The maximum absolute atomic E-state index is 13.1. The summed E-state index contributed by atoms with van der Waals surface area (Å²) in [6.45, 7) is 2.12. The van der Waals surface area contributed by atoms with E-state index in [0.29, 0.717) is 0 Å². The quantitative estimate of drug-likeness (QED) is 0.520. The van der Waals surface area contributed by atoms with Crippen molar-refractivity contribution in [3.63, 3.8) is 0 Å². The van der Waals surface area contributed by atoms with Crippen LogP contribution >= 0.6 is 20.6 Å². The van der Waals surface area contributed by atoms with Crippen LogP contribution in [0.2, 0.25) is 0 Å². The van der Waals surface area contributed by atoms with E-state index >= 15 is 0 Å². The van der Waals surface area contributed by atoms with E-state index in [1.807, 2.05) is 0 Å². The van der Waals surface area contributed by atoms with E-state index in [0.717, 1.165) is 24.2 Å². The first-order chi connectivity index (χ1) is 13.1. The van der Waals surface area contributed by atoms with Crippen LogP contribution in [-0.4, -0.2) is 43.1 Å². The fourth-order valence-corrected chi connectivity index (χ4v) is 4.70. The number of nitrogens with one attached hydrogen (secondary N) is 2. The van der Waals surface area contributed by atoms with E-state index in [-0.39, 0.29) is 52.5 Å². The molecule has 152 valence electrons. The van der Waals surface area contributed by atoms with Crippen LogP contribution in [-0.2, 0) is 0 Å². The van der Waals surface area contributed by atoms with Gasteiger partial charge in [-0.2, -0.15) is 15.0 Å². The van der Waals surface area contributed by atoms with Crippen molar-refractivity contribution in [1.82, 2.24) is 19.9 Å². The van der Waals surface area contributed by atoms with Crippen LogP contribution in [0.15, 0.2) is 5.38 Å². The van der Waals surface area contributed by atoms with E-state index in [1.54, 1.807) is 0 Å². The third kappa shape index (κ3) is 4.35. The van der Waals surface area contributed by atoms with E-state index in [1.165, 1.54) is 5.38 Å². The number of aromatic nitrogens is 4. The molecule has 2 N–H and O–H groups in total. The predicted molar refractivity (Wildman–Crippen MR) is 102 cm³/mol. The molecule has 0 bridgehead atoms. The highest BCUT2D eigenvalue weighted by Gasteiger charge is 2.45. The van der Waals surface area contributed by atoms with Crippen molar-refractivity contribution in [3.8, 4) is 10.8 Å². The average Bonchev–Trinajstić information content (AvgIpc) is 3.01. The van der Waals surface area contributed by atoms with E-state index in [4.69, 9.17) is 0 Å². The molecule has 2 fully saturated rings. The van der Waals surface area contributed by atoms with Crippen molar-refractivity contribution in [3.05, 3.63) is 11.1 Å². The van der Waals surface area contributed by atoms with Crippen LogP contribution in [0.25, 0.3) is 10.8 Å². The summed E-state index contributed by atoms with van der Waals surface area (Å²) < 4.78 is 51.9. The molecule has 0 aromatic carbocycles. The summed E-state index contributed by atoms with van der Waals surface area (Å²) in [4.78, 5) is 16.7. The van der Waals surface area contributed by atoms with Gasteiger partial charge in [-0.05, 0) is 18.0 Å². The van der Waals surface area contributed by atoms with Gasteiger partial charge in [0.15, 0.2) is 10.8 Å². The molecule has 2 aromatic heterocycles. The van der Waals surface area contributed by atoms with Crippen molar-refractivity contribution in [2.75, 3.05) is 10.6 Å². The summed E-state index contributed by atoms with van der Waals surface area (Å²) in [5.74, 6) is -2.13. The molecular formula is C16H19F4N6PS. The van der Waals surface area contributed by atoms with Crippen LogP contribution in [0.4, 0.5) is 29.5 Å². The Kier molecular flexibility index (Phi) is 4.94. The molecule has 2 aromatic rings. The molecule has 12 heteroatoms. The third-order valence-corrected chi connectivity index (χ3v) is 6.08. The molecule has 1 atom stereocenters. The first-order valence-electron chi connectivity index (χ1n) is 8.78. The smallest absolute Gasteiger partial charge is 0.281 e. The Bertz CT molecular complexity index is 816. The molecule has 2 aliphatic carbocycles. The topological polar surface area (TPSA) is 75.6 Å². The monoisotopic (exact) mass is 434 g/mol. The number of thiazole rings is 1. The number of nitrogens with zero attached hydrogens (tertiary/aromatic N) is 4. The summed E-state index contributed by atoms with van der Waals surface area (Å²) in [5.41, 5.74) is -0.346. The number of rotatable bonds is 6. The molecule has 2 heterocycles. The van der Waals surface area contributed by atoms with Gasteiger partial charge < -0.3 is 10.6 Å². The molecule has 6 nitrogen and oxygen atoms in total. The zero-order valence-electron chi connectivity index (χ0n) is 14.9. The van der Waals surface area contributed by atoms with Crippen LogP contribution in [0, 0.1) is 0 Å². The summed E-state index contributed by atoms with van der Waals surface area (Å²) in [6, 6.07) is -0.267. The minimum atomic E-state index is -2.69. The van der Waals surface area contributed by atoms with Crippen LogP contribution in [0.3, 0.4) is 0 Å². The van der Waals surface area contributed by atoms with Gasteiger partial charge in [-0.15, -0.1) is 20.6 Å². The maximum Gasteiger partial charge on any atom is 0.281 e. The molecule has 0 amide bonds. The zero-order chi connectivity index (χ0) is 20.1. The van der Waals surface area contributed by atoms with Gasteiger partial charge in [0.05, 0.1) is 0 Å². The van der Waals surface area contributed by atoms with Crippen LogP contribution in [0.1, 0.15) is 44.7 Å². The van der Waals surface area contributed by atoms with Gasteiger partial charge in [0.25, 0.3) is 12.3 Å². The van der Waals surface area contributed by atoms with Gasteiger partial charge in [0, 0.05) is 30.3 Å². The highest BCUT2D eigenvalue weighted by molar-refractivity contribution is 7.19. The Labute approximate surface area is 165 Å². The standard InChI is InChI=1S/C16H19F4N6PS/c1-15(27)2-7(3-15)21-13-24-11(12-23-9(6-28-12)10(17)18)25-14(26-13)22-8-4-16(19,20)5-8/h6-8,10H,2-5,27H2,1H3,(H2,21,22,24,25,26). The maximum atomic E-state index is 13.1. The first-order valence-corrected chi connectivity index (χ1v) is 10.2. The van der Waals surface area contributed by atoms with E-state index < -0.39 is 18.4 Å². The Balaban J connectivity index is 1.56. The average molecular weight is 434 g/mol. The number of halogens is 4. The highest BCUT2D eigenvalue weighted by atomic mass is 32.1. The molecule has 0 spiro atoms. The molecule has 1 unspecified atom stereocenters. The lowest BCUT2D eigenvalue weighted by atomic mass is 9.81. The van der Waals surface area contributed by atoms with Crippen LogP contribution in [0.5, 0.6) is 0 Å². The SMILES string of the molecule is CC1(P)CC(Nc2nc(NC3CC(F)(F)C3)nc(-c3nc(C(F)F)cs3)n2)C1. The molecule has 4 rings (SSSR count). The summed E-state index contributed by atoms with van der Waals surface area (Å²) in [5, 5.41) is 7.73. The number of alkyl halides is 4. The lowest BCUT2D eigenvalue weighted by Gasteiger charge is -2.42. The van der Waals surface area contributed by atoms with Crippen molar-refractivity contribution >= 4 is 32.5 Å². The second-order valence-electron chi connectivity index (χ2n) is 7.69. The second-order valence-corrected chi connectivity index (χ2v) is 9.95. The first kappa shape index (κ1) is 19.7. The summed E-state index contributed by atoms with van der Waals surface area (Å²) in [6.07, 6.45) is -1.46. The zero-order valence-corrected chi connectivity index (χ0v) is 16.9. The molecule has 28 heavy (non-hydrogen) atoms. The van der Waals surface area contributed by atoms with Crippen molar-refractivity contribution in [2.24, 2.45) is 0 Å².